The molecule has 0 fully saturated rings. The van der Waals surface area contributed by atoms with E-state index >= 15 is 0 Å². The summed E-state index contributed by atoms with van der Waals surface area (Å²) in [5, 5.41) is 0. The van der Waals surface area contributed by atoms with Crippen LogP contribution in [0.15, 0.2) is 18.2 Å². The van der Waals surface area contributed by atoms with Crippen LogP contribution in [0.3, 0.4) is 0 Å². The molecule has 1 radical (unpaired) electrons. The molecule has 2 nitrogen and oxygen atoms in total. The van der Waals surface area contributed by atoms with Crippen molar-refractivity contribution in [2.75, 3.05) is 6.79 Å². The van der Waals surface area contributed by atoms with Gasteiger partial charge in [-0.05, 0) is 24.6 Å². The van der Waals surface area contributed by atoms with E-state index in [1.807, 2.05) is 25.1 Å². The fraction of sp³-hybridized carbons (Fsp3) is 0.222. The van der Waals surface area contributed by atoms with Gasteiger partial charge in [-0.15, -0.1) is 0 Å². The SMILES string of the molecule is Cc1ccc2c(c1)OCO2.[CH3-].[Y]. The predicted octanol–water partition coefficient (Wildman–Crippen LogP) is 2.17. The Morgan fingerprint density at radius 1 is 1.17 bits per heavy atom. The molecule has 1 aromatic carbocycles. The molecule has 63 valence electrons. The first kappa shape index (κ1) is 11.9. The molecule has 0 N–H and O–H groups in total. The maximum atomic E-state index is 5.16. The molecular formula is C9H11O2Y-. The molecular weight excluding hydrogens is 229 g/mol. The van der Waals surface area contributed by atoms with Gasteiger partial charge in [0.25, 0.3) is 0 Å². The van der Waals surface area contributed by atoms with Crippen molar-refractivity contribution >= 4 is 0 Å². The fourth-order valence-corrected chi connectivity index (χ4v) is 1.00. The van der Waals surface area contributed by atoms with Gasteiger partial charge in [0.2, 0.25) is 6.79 Å². The van der Waals surface area contributed by atoms with E-state index in [1.54, 1.807) is 0 Å². The van der Waals surface area contributed by atoms with Crippen molar-refractivity contribution in [3.63, 3.8) is 0 Å². The van der Waals surface area contributed by atoms with E-state index in [9.17, 15) is 0 Å². The van der Waals surface area contributed by atoms with Crippen LogP contribution in [0.5, 0.6) is 11.5 Å². The zero-order valence-corrected chi connectivity index (χ0v) is 10.2. The summed E-state index contributed by atoms with van der Waals surface area (Å²) in [5.41, 5.74) is 1.20. The van der Waals surface area contributed by atoms with E-state index in [-0.39, 0.29) is 40.1 Å². The van der Waals surface area contributed by atoms with E-state index in [2.05, 4.69) is 0 Å². The van der Waals surface area contributed by atoms with Crippen molar-refractivity contribution in [2.24, 2.45) is 0 Å². The maximum Gasteiger partial charge on any atom is 0.231 e. The van der Waals surface area contributed by atoms with Crippen molar-refractivity contribution < 1.29 is 42.2 Å². The summed E-state index contributed by atoms with van der Waals surface area (Å²) < 4.78 is 10.3. The zero-order valence-electron chi connectivity index (χ0n) is 7.33. The predicted molar refractivity (Wildman–Crippen MR) is 43.7 cm³/mol. The van der Waals surface area contributed by atoms with Crippen molar-refractivity contribution in [3.8, 4) is 11.5 Å². The molecule has 1 aliphatic rings. The van der Waals surface area contributed by atoms with Crippen LogP contribution in [-0.2, 0) is 32.7 Å². The Kier molecular flexibility index (Phi) is 4.80. The Morgan fingerprint density at radius 3 is 2.58 bits per heavy atom. The van der Waals surface area contributed by atoms with Gasteiger partial charge in [-0.2, -0.15) is 0 Å². The molecule has 0 aliphatic carbocycles. The van der Waals surface area contributed by atoms with Crippen molar-refractivity contribution in [1.29, 1.82) is 0 Å². The van der Waals surface area contributed by atoms with Crippen LogP contribution in [-0.4, -0.2) is 6.79 Å². The Morgan fingerprint density at radius 2 is 1.83 bits per heavy atom. The number of benzene rings is 1. The Bertz CT molecular complexity index is 261. The standard InChI is InChI=1S/C8H8O2.CH3.Y/c1-6-2-3-7-8(4-6)10-5-9-7;;/h2-4H,5H2,1H3;1H3;/q;-1;. The van der Waals surface area contributed by atoms with E-state index in [0.717, 1.165) is 11.5 Å². The van der Waals surface area contributed by atoms with Gasteiger partial charge >= 0.3 is 0 Å². The third kappa shape index (κ3) is 2.21. The summed E-state index contributed by atoms with van der Waals surface area (Å²) in [7, 11) is 0. The Labute approximate surface area is 98.1 Å². The second-order valence-electron chi connectivity index (χ2n) is 2.36. The third-order valence-corrected chi connectivity index (χ3v) is 1.53. The monoisotopic (exact) mass is 240 g/mol. The van der Waals surface area contributed by atoms with Gasteiger partial charge in [0.1, 0.15) is 0 Å². The summed E-state index contributed by atoms with van der Waals surface area (Å²) in [6.45, 7) is 2.39. The van der Waals surface area contributed by atoms with Gasteiger partial charge in [0.05, 0.1) is 0 Å². The van der Waals surface area contributed by atoms with Crippen molar-refractivity contribution in [1.82, 2.24) is 0 Å². The number of fused-ring (bicyclic) bond motifs is 1. The van der Waals surface area contributed by atoms with Gasteiger partial charge < -0.3 is 16.9 Å². The van der Waals surface area contributed by atoms with Gasteiger partial charge in [-0.1, -0.05) is 6.07 Å². The second kappa shape index (κ2) is 4.83. The average molecular weight is 240 g/mol. The summed E-state index contributed by atoms with van der Waals surface area (Å²) in [6.07, 6.45) is 0. The van der Waals surface area contributed by atoms with Crippen molar-refractivity contribution in [2.45, 2.75) is 6.92 Å². The van der Waals surface area contributed by atoms with Crippen LogP contribution in [0.25, 0.3) is 0 Å². The molecule has 0 saturated heterocycles. The Balaban J connectivity index is 0.000000605. The number of rotatable bonds is 0. The van der Waals surface area contributed by atoms with E-state index in [0.29, 0.717) is 6.79 Å². The quantitative estimate of drug-likeness (QED) is 0.647. The normalized spacial score (nSPS) is 11.4. The molecule has 0 saturated carbocycles. The molecule has 0 bridgehead atoms. The van der Waals surface area contributed by atoms with E-state index in [4.69, 9.17) is 9.47 Å². The molecule has 2 rings (SSSR count). The zero-order chi connectivity index (χ0) is 6.97. The summed E-state index contributed by atoms with van der Waals surface area (Å²) >= 11 is 0. The molecule has 12 heavy (non-hydrogen) atoms. The van der Waals surface area contributed by atoms with Crippen LogP contribution < -0.4 is 9.47 Å². The molecule has 0 amide bonds. The fourth-order valence-electron chi connectivity index (χ4n) is 1.00. The van der Waals surface area contributed by atoms with Crippen molar-refractivity contribution in [3.05, 3.63) is 31.2 Å². The van der Waals surface area contributed by atoms with E-state index < -0.39 is 0 Å². The first-order chi connectivity index (χ1) is 4.86. The summed E-state index contributed by atoms with van der Waals surface area (Å²) in [4.78, 5) is 0. The molecule has 0 atom stereocenters. The smallest absolute Gasteiger partial charge is 0.231 e. The molecule has 1 heterocycles. The molecule has 3 heteroatoms. The first-order valence-electron chi connectivity index (χ1n) is 3.22. The summed E-state index contributed by atoms with van der Waals surface area (Å²) in [6, 6.07) is 5.91. The third-order valence-electron chi connectivity index (χ3n) is 1.53. The van der Waals surface area contributed by atoms with Crippen LogP contribution >= 0.6 is 0 Å². The van der Waals surface area contributed by atoms with E-state index in [1.165, 1.54) is 5.56 Å². The molecule has 1 aliphatic heterocycles. The number of hydrogen-bond donors (Lipinski definition) is 0. The number of ether oxygens (including phenoxy) is 2. The van der Waals surface area contributed by atoms with Gasteiger partial charge in [-0.25, -0.2) is 0 Å². The largest absolute Gasteiger partial charge is 0.454 e. The number of aryl methyl sites for hydroxylation is 1. The Hall–Kier alpha value is -0.0761. The van der Waals surface area contributed by atoms with Gasteiger partial charge in [0.15, 0.2) is 11.5 Å². The summed E-state index contributed by atoms with van der Waals surface area (Å²) in [5.74, 6) is 1.71. The minimum absolute atomic E-state index is 0. The molecule has 1 aromatic rings. The van der Waals surface area contributed by atoms with Crippen LogP contribution in [0.4, 0.5) is 0 Å². The molecule has 0 unspecified atom stereocenters. The van der Waals surface area contributed by atoms with Crippen LogP contribution in [0.2, 0.25) is 0 Å². The first-order valence-corrected chi connectivity index (χ1v) is 3.22. The number of hydrogen-bond acceptors (Lipinski definition) is 2. The minimum Gasteiger partial charge on any atom is -0.454 e. The molecule has 0 aromatic heterocycles. The maximum absolute atomic E-state index is 5.16. The second-order valence-corrected chi connectivity index (χ2v) is 2.36. The topological polar surface area (TPSA) is 18.5 Å². The average Bonchev–Trinajstić information content (AvgIpc) is 2.33. The van der Waals surface area contributed by atoms with Crippen LogP contribution in [0, 0.1) is 14.4 Å². The molecule has 0 spiro atoms. The minimum atomic E-state index is 0. The van der Waals surface area contributed by atoms with Gasteiger partial charge in [-0.3, -0.25) is 0 Å². The van der Waals surface area contributed by atoms with Gasteiger partial charge in [0, 0.05) is 32.7 Å². The van der Waals surface area contributed by atoms with Crippen LogP contribution in [0.1, 0.15) is 5.56 Å².